The van der Waals surface area contributed by atoms with Crippen molar-refractivity contribution in [2.75, 3.05) is 18.4 Å². The zero-order valence-corrected chi connectivity index (χ0v) is 15.3. The van der Waals surface area contributed by atoms with Crippen molar-refractivity contribution < 1.29 is 9.21 Å². The smallest absolute Gasteiger partial charge is 0.321 e. The van der Waals surface area contributed by atoms with E-state index in [0.717, 1.165) is 36.0 Å². The molecule has 2 aromatic carbocycles. The fourth-order valence-corrected chi connectivity index (χ4v) is 3.48. The van der Waals surface area contributed by atoms with E-state index in [-0.39, 0.29) is 11.9 Å². The van der Waals surface area contributed by atoms with Crippen molar-refractivity contribution in [2.45, 2.75) is 25.7 Å². The average molecular weight is 370 g/mol. The van der Waals surface area contributed by atoms with E-state index in [0.29, 0.717) is 23.1 Å². The molecule has 134 valence electrons. The van der Waals surface area contributed by atoms with E-state index in [1.54, 1.807) is 6.07 Å². The number of carbonyl (C=O) groups excluding carboxylic acids is 1. The lowest BCUT2D eigenvalue weighted by atomic mass is 9.98. The van der Waals surface area contributed by atoms with Gasteiger partial charge in [-0.3, -0.25) is 0 Å². The highest BCUT2D eigenvalue weighted by Crippen LogP contribution is 2.29. The molecule has 2 amide bonds. The number of piperidine rings is 1. The van der Waals surface area contributed by atoms with Crippen molar-refractivity contribution >= 4 is 34.4 Å². The van der Waals surface area contributed by atoms with Crippen LogP contribution < -0.4 is 5.32 Å². The summed E-state index contributed by atoms with van der Waals surface area (Å²) in [6, 6.07) is 13.2. The number of amides is 2. The molecule has 0 radical (unpaired) electrons. The van der Waals surface area contributed by atoms with Crippen LogP contribution in [0.25, 0.3) is 11.1 Å². The molecule has 5 nitrogen and oxygen atoms in total. The molecule has 6 heteroatoms. The lowest BCUT2D eigenvalue weighted by molar-refractivity contribution is 0.187. The summed E-state index contributed by atoms with van der Waals surface area (Å²) in [7, 11) is 0. The predicted molar refractivity (Wildman–Crippen MR) is 103 cm³/mol. The average Bonchev–Trinajstić information content (AvgIpc) is 3.09. The lowest BCUT2D eigenvalue weighted by Crippen LogP contribution is -2.41. The van der Waals surface area contributed by atoms with Gasteiger partial charge in [-0.1, -0.05) is 29.8 Å². The minimum Gasteiger partial charge on any atom is -0.440 e. The van der Waals surface area contributed by atoms with Crippen molar-refractivity contribution in [3.05, 3.63) is 58.9 Å². The second kappa shape index (κ2) is 7.00. The molecule has 0 spiro atoms. The lowest BCUT2D eigenvalue weighted by Gasteiger charge is -2.31. The fourth-order valence-electron chi connectivity index (χ4n) is 3.30. The first-order chi connectivity index (χ1) is 12.6. The number of fused-ring (bicyclic) bond motifs is 1. The molecule has 26 heavy (non-hydrogen) atoms. The molecule has 1 aromatic heterocycles. The summed E-state index contributed by atoms with van der Waals surface area (Å²) in [6.45, 7) is 3.25. The van der Waals surface area contributed by atoms with E-state index < -0.39 is 0 Å². The number of carbonyl (C=O) groups is 1. The first-order valence-corrected chi connectivity index (χ1v) is 9.15. The van der Waals surface area contributed by atoms with Gasteiger partial charge in [0.1, 0.15) is 5.52 Å². The van der Waals surface area contributed by atoms with Gasteiger partial charge in [0.05, 0.1) is 5.92 Å². The van der Waals surface area contributed by atoms with Crippen LogP contribution >= 0.6 is 11.6 Å². The van der Waals surface area contributed by atoms with Crippen molar-refractivity contribution in [3.8, 4) is 0 Å². The van der Waals surface area contributed by atoms with Crippen LogP contribution in [-0.4, -0.2) is 29.0 Å². The van der Waals surface area contributed by atoms with E-state index in [1.807, 2.05) is 48.2 Å². The number of urea groups is 1. The highest BCUT2D eigenvalue weighted by molar-refractivity contribution is 6.31. The van der Waals surface area contributed by atoms with Crippen LogP contribution in [0.4, 0.5) is 10.5 Å². The van der Waals surface area contributed by atoms with Crippen LogP contribution in [0, 0.1) is 6.92 Å². The van der Waals surface area contributed by atoms with Crippen LogP contribution in [0.3, 0.4) is 0 Å². The number of anilines is 1. The van der Waals surface area contributed by atoms with Gasteiger partial charge < -0.3 is 14.6 Å². The third-order valence-electron chi connectivity index (χ3n) is 4.79. The highest BCUT2D eigenvalue weighted by atomic mass is 35.5. The number of benzene rings is 2. The van der Waals surface area contributed by atoms with Crippen molar-refractivity contribution in [2.24, 2.45) is 0 Å². The van der Waals surface area contributed by atoms with E-state index in [2.05, 4.69) is 10.3 Å². The molecule has 3 aromatic rings. The first kappa shape index (κ1) is 16.9. The van der Waals surface area contributed by atoms with Crippen LogP contribution in [0.1, 0.15) is 30.2 Å². The molecule has 1 atom stereocenters. The summed E-state index contributed by atoms with van der Waals surface area (Å²) >= 11 is 6.14. The maximum absolute atomic E-state index is 12.6. The number of oxazole rings is 1. The molecule has 1 fully saturated rings. The molecule has 1 aliphatic heterocycles. The number of halogens is 1. The van der Waals surface area contributed by atoms with Gasteiger partial charge in [0.25, 0.3) is 0 Å². The van der Waals surface area contributed by atoms with Gasteiger partial charge in [-0.2, -0.15) is 0 Å². The Morgan fingerprint density at radius 3 is 2.96 bits per heavy atom. The zero-order valence-electron chi connectivity index (χ0n) is 14.5. The SMILES string of the molecule is Cc1ccc(NC(=O)N2CCC[C@@H](c3nc4ccccc4o3)C2)cc1Cl. The summed E-state index contributed by atoms with van der Waals surface area (Å²) in [6.07, 6.45) is 1.89. The quantitative estimate of drug-likeness (QED) is 0.675. The van der Waals surface area contributed by atoms with Gasteiger partial charge in [0, 0.05) is 23.8 Å². The summed E-state index contributed by atoms with van der Waals surface area (Å²) in [5.74, 6) is 0.825. The second-order valence-electron chi connectivity index (χ2n) is 6.70. The van der Waals surface area contributed by atoms with Gasteiger partial charge in [-0.25, -0.2) is 9.78 Å². The number of rotatable bonds is 2. The van der Waals surface area contributed by atoms with E-state index in [1.165, 1.54) is 0 Å². The van der Waals surface area contributed by atoms with Gasteiger partial charge >= 0.3 is 6.03 Å². The van der Waals surface area contributed by atoms with Crippen molar-refractivity contribution in [1.29, 1.82) is 0 Å². The Balaban J connectivity index is 1.47. The normalized spacial score (nSPS) is 17.5. The molecule has 1 saturated heterocycles. The maximum atomic E-state index is 12.6. The molecule has 0 saturated carbocycles. The van der Waals surface area contributed by atoms with Crippen LogP contribution in [-0.2, 0) is 0 Å². The Hall–Kier alpha value is -2.53. The number of nitrogens with one attached hydrogen (secondary N) is 1. The van der Waals surface area contributed by atoms with Gasteiger partial charge in [0.2, 0.25) is 0 Å². The predicted octanol–water partition coefficient (Wildman–Crippen LogP) is 5.20. The van der Waals surface area contributed by atoms with Crippen molar-refractivity contribution in [3.63, 3.8) is 0 Å². The van der Waals surface area contributed by atoms with E-state index in [4.69, 9.17) is 16.0 Å². The van der Waals surface area contributed by atoms with Crippen molar-refractivity contribution in [1.82, 2.24) is 9.88 Å². The summed E-state index contributed by atoms with van der Waals surface area (Å²) in [4.78, 5) is 19.0. The summed E-state index contributed by atoms with van der Waals surface area (Å²) in [5, 5.41) is 3.57. The van der Waals surface area contributed by atoms with Crippen LogP contribution in [0.5, 0.6) is 0 Å². The largest absolute Gasteiger partial charge is 0.440 e. The maximum Gasteiger partial charge on any atom is 0.321 e. The number of likely N-dealkylation sites (tertiary alicyclic amines) is 1. The molecular formula is C20H20ClN3O2. The molecule has 0 bridgehead atoms. The second-order valence-corrected chi connectivity index (χ2v) is 7.11. The number of nitrogens with zero attached hydrogens (tertiary/aromatic N) is 2. The van der Waals surface area contributed by atoms with Gasteiger partial charge in [-0.05, 0) is 49.6 Å². The third kappa shape index (κ3) is 3.40. The highest BCUT2D eigenvalue weighted by Gasteiger charge is 2.28. The molecule has 1 aliphatic rings. The monoisotopic (exact) mass is 369 g/mol. The standard InChI is InChI=1S/C20H20ClN3O2/c1-13-8-9-15(11-16(13)21)22-20(25)24-10-4-5-14(12-24)19-23-17-6-2-3-7-18(17)26-19/h2-3,6-9,11,14H,4-5,10,12H2,1H3,(H,22,25)/t14-/m1/s1. The Kier molecular flexibility index (Phi) is 4.55. The van der Waals surface area contributed by atoms with Gasteiger partial charge in [-0.15, -0.1) is 0 Å². The topological polar surface area (TPSA) is 58.4 Å². The zero-order chi connectivity index (χ0) is 18.1. The minimum absolute atomic E-state index is 0.114. The van der Waals surface area contributed by atoms with Gasteiger partial charge in [0.15, 0.2) is 11.5 Å². The van der Waals surface area contributed by atoms with Crippen LogP contribution in [0.15, 0.2) is 46.9 Å². The molecule has 4 rings (SSSR count). The summed E-state index contributed by atoms with van der Waals surface area (Å²) in [5.41, 5.74) is 3.34. The molecule has 1 N–H and O–H groups in total. The molecule has 0 unspecified atom stereocenters. The number of aromatic nitrogens is 1. The van der Waals surface area contributed by atoms with E-state index in [9.17, 15) is 4.79 Å². The Morgan fingerprint density at radius 2 is 2.15 bits per heavy atom. The number of hydrogen-bond acceptors (Lipinski definition) is 3. The fraction of sp³-hybridized carbons (Fsp3) is 0.300. The first-order valence-electron chi connectivity index (χ1n) is 8.78. The molecule has 2 heterocycles. The minimum atomic E-state index is -0.120. The Labute approximate surface area is 157 Å². The third-order valence-corrected chi connectivity index (χ3v) is 5.20. The summed E-state index contributed by atoms with van der Waals surface area (Å²) < 4.78 is 5.90. The molecule has 0 aliphatic carbocycles. The number of aryl methyl sites for hydroxylation is 1. The van der Waals surface area contributed by atoms with E-state index >= 15 is 0 Å². The molecular weight excluding hydrogens is 350 g/mol. The Morgan fingerprint density at radius 1 is 1.31 bits per heavy atom. The Bertz CT molecular complexity index is 920. The van der Waals surface area contributed by atoms with Crippen LogP contribution in [0.2, 0.25) is 5.02 Å². The number of hydrogen-bond donors (Lipinski definition) is 1. The number of para-hydroxylation sites is 2.